The van der Waals surface area contributed by atoms with Gasteiger partial charge in [-0.2, -0.15) is 0 Å². The van der Waals surface area contributed by atoms with Crippen molar-refractivity contribution in [2.75, 3.05) is 0 Å². The lowest BCUT2D eigenvalue weighted by Gasteiger charge is -2.02. The number of ether oxygens (including phenoxy) is 1. The third-order valence-electron chi connectivity index (χ3n) is 2.97. The number of aromatic nitrogens is 1. The van der Waals surface area contributed by atoms with Crippen LogP contribution in [0.4, 0.5) is 0 Å². The average molecular weight is 315 g/mol. The number of hydrogen-bond donors (Lipinski definition) is 1. The van der Waals surface area contributed by atoms with Crippen LogP contribution in [0.15, 0.2) is 58.1 Å². The lowest BCUT2D eigenvalue weighted by molar-refractivity contribution is 0.236. The standard InChI is InChI=1S/C16H13NO4S/c18-8-12-6-13(19)14(9-20-12)21-10-16-17-7-15(22-16)11-4-2-1-3-5-11/h1-7,9,18H,8,10H2. The minimum absolute atomic E-state index is 0.105. The predicted octanol–water partition coefficient (Wildman–Crippen LogP) is 2.83. The molecule has 1 N–H and O–H groups in total. The smallest absolute Gasteiger partial charge is 0.227 e. The first-order valence-electron chi connectivity index (χ1n) is 6.62. The van der Waals surface area contributed by atoms with Crippen LogP contribution in [0, 0.1) is 0 Å². The van der Waals surface area contributed by atoms with E-state index in [-0.39, 0.29) is 30.2 Å². The van der Waals surface area contributed by atoms with Gasteiger partial charge in [-0.15, -0.1) is 11.3 Å². The molecule has 5 nitrogen and oxygen atoms in total. The molecule has 0 atom stereocenters. The molecule has 0 saturated carbocycles. The van der Waals surface area contributed by atoms with E-state index in [1.54, 1.807) is 6.20 Å². The summed E-state index contributed by atoms with van der Waals surface area (Å²) in [4.78, 5) is 17.1. The summed E-state index contributed by atoms with van der Waals surface area (Å²) in [5.41, 5.74) is 0.771. The van der Waals surface area contributed by atoms with Gasteiger partial charge in [0.2, 0.25) is 11.2 Å². The van der Waals surface area contributed by atoms with Crippen molar-refractivity contribution >= 4 is 11.3 Å². The van der Waals surface area contributed by atoms with Gasteiger partial charge in [0.15, 0.2) is 0 Å². The van der Waals surface area contributed by atoms with E-state index in [0.717, 1.165) is 15.4 Å². The zero-order chi connectivity index (χ0) is 15.4. The number of aliphatic hydroxyl groups excluding tert-OH is 1. The monoisotopic (exact) mass is 315 g/mol. The van der Waals surface area contributed by atoms with Gasteiger partial charge in [0, 0.05) is 12.3 Å². The van der Waals surface area contributed by atoms with E-state index in [2.05, 4.69) is 4.98 Å². The molecular weight excluding hydrogens is 302 g/mol. The van der Waals surface area contributed by atoms with Gasteiger partial charge in [-0.05, 0) is 5.56 Å². The van der Waals surface area contributed by atoms with Gasteiger partial charge in [0.1, 0.15) is 30.2 Å². The molecule has 3 rings (SSSR count). The fraction of sp³-hybridized carbons (Fsp3) is 0.125. The summed E-state index contributed by atoms with van der Waals surface area (Å²) in [6, 6.07) is 11.1. The number of hydrogen-bond acceptors (Lipinski definition) is 6. The van der Waals surface area contributed by atoms with Crippen molar-refractivity contribution in [3.63, 3.8) is 0 Å². The van der Waals surface area contributed by atoms with Crippen molar-refractivity contribution in [1.29, 1.82) is 0 Å². The molecule has 0 aliphatic carbocycles. The first kappa shape index (κ1) is 14.5. The number of aliphatic hydroxyl groups is 1. The minimum Gasteiger partial charge on any atom is -0.479 e. The van der Waals surface area contributed by atoms with Crippen LogP contribution < -0.4 is 10.2 Å². The Labute approximate surface area is 130 Å². The van der Waals surface area contributed by atoms with Crippen molar-refractivity contribution in [3.8, 4) is 16.2 Å². The highest BCUT2D eigenvalue weighted by molar-refractivity contribution is 7.15. The first-order chi connectivity index (χ1) is 10.8. The van der Waals surface area contributed by atoms with E-state index in [9.17, 15) is 4.79 Å². The summed E-state index contributed by atoms with van der Waals surface area (Å²) in [6.45, 7) is -0.122. The van der Waals surface area contributed by atoms with E-state index in [4.69, 9.17) is 14.3 Å². The lowest BCUT2D eigenvalue weighted by atomic mass is 10.2. The molecule has 0 fully saturated rings. The Kier molecular flexibility index (Phi) is 4.32. The second kappa shape index (κ2) is 6.55. The second-order valence-corrected chi connectivity index (χ2v) is 5.62. The highest BCUT2D eigenvalue weighted by atomic mass is 32.1. The lowest BCUT2D eigenvalue weighted by Crippen LogP contribution is -2.07. The van der Waals surface area contributed by atoms with E-state index in [0.29, 0.717) is 0 Å². The first-order valence-corrected chi connectivity index (χ1v) is 7.43. The third-order valence-corrected chi connectivity index (χ3v) is 3.99. The molecule has 6 heteroatoms. The van der Waals surface area contributed by atoms with Crippen LogP contribution in [0.25, 0.3) is 10.4 Å². The van der Waals surface area contributed by atoms with E-state index >= 15 is 0 Å². The molecule has 2 aromatic heterocycles. The minimum atomic E-state index is -0.324. The highest BCUT2D eigenvalue weighted by Crippen LogP contribution is 2.26. The van der Waals surface area contributed by atoms with Crippen molar-refractivity contribution < 1.29 is 14.3 Å². The van der Waals surface area contributed by atoms with Gasteiger partial charge < -0.3 is 14.3 Å². The fourth-order valence-electron chi connectivity index (χ4n) is 1.88. The van der Waals surface area contributed by atoms with Gasteiger partial charge >= 0.3 is 0 Å². The van der Waals surface area contributed by atoms with Crippen molar-refractivity contribution in [1.82, 2.24) is 4.98 Å². The molecule has 22 heavy (non-hydrogen) atoms. The molecule has 0 amide bonds. The maximum atomic E-state index is 11.7. The topological polar surface area (TPSA) is 72.6 Å². The van der Waals surface area contributed by atoms with Gasteiger partial charge in [0.05, 0.1) is 4.88 Å². The molecule has 1 aromatic carbocycles. The van der Waals surface area contributed by atoms with Crippen molar-refractivity contribution in [2.24, 2.45) is 0 Å². The molecule has 112 valence electrons. The molecule has 0 aliphatic heterocycles. The SMILES string of the molecule is O=c1cc(CO)occ1OCc1ncc(-c2ccccc2)s1. The zero-order valence-corrected chi connectivity index (χ0v) is 12.4. The molecule has 0 spiro atoms. The molecule has 0 unspecified atom stereocenters. The quantitative estimate of drug-likeness (QED) is 0.784. The van der Waals surface area contributed by atoms with Crippen LogP contribution in [0.3, 0.4) is 0 Å². The van der Waals surface area contributed by atoms with Crippen LogP contribution in [0.1, 0.15) is 10.8 Å². The van der Waals surface area contributed by atoms with Crippen molar-refractivity contribution in [3.05, 3.63) is 69.8 Å². The van der Waals surface area contributed by atoms with Gasteiger partial charge in [-0.1, -0.05) is 30.3 Å². The molecule has 0 aliphatic rings. The van der Waals surface area contributed by atoms with Crippen LogP contribution >= 0.6 is 11.3 Å². The summed E-state index contributed by atoms with van der Waals surface area (Å²) in [5, 5.41) is 9.66. The molecule has 0 bridgehead atoms. The van der Waals surface area contributed by atoms with Crippen LogP contribution in [-0.4, -0.2) is 10.1 Å². The maximum absolute atomic E-state index is 11.7. The zero-order valence-electron chi connectivity index (χ0n) is 11.6. The molecule has 0 saturated heterocycles. The highest BCUT2D eigenvalue weighted by Gasteiger charge is 2.08. The molecule has 2 heterocycles. The van der Waals surface area contributed by atoms with Gasteiger partial charge in [-0.25, -0.2) is 4.98 Å². The van der Waals surface area contributed by atoms with Crippen LogP contribution in [0.5, 0.6) is 5.75 Å². The van der Waals surface area contributed by atoms with E-state index in [1.165, 1.54) is 23.7 Å². The second-order valence-electron chi connectivity index (χ2n) is 4.51. The van der Waals surface area contributed by atoms with Crippen molar-refractivity contribution in [2.45, 2.75) is 13.2 Å². The Morgan fingerprint density at radius 1 is 1.27 bits per heavy atom. The Hall–Kier alpha value is -2.44. The van der Waals surface area contributed by atoms with E-state index in [1.807, 2.05) is 30.3 Å². The summed E-state index contributed by atoms with van der Waals surface area (Å²) < 4.78 is 10.5. The number of benzene rings is 1. The Morgan fingerprint density at radius 3 is 2.82 bits per heavy atom. The van der Waals surface area contributed by atoms with E-state index < -0.39 is 0 Å². The molecule has 3 aromatic rings. The van der Waals surface area contributed by atoms with Crippen LogP contribution in [0.2, 0.25) is 0 Å². The summed E-state index contributed by atoms with van der Waals surface area (Å²) in [7, 11) is 0. The van der Waals surface area contributed by atoms with Gasteiger partial charge in [0.25, 0.3) is 0 Å². The molecule has 0 radical (unpaired) electrons. The number of thiazole rings is 1. The fourth-order valence-corrected chi connectivity index (χ4v) is 2.72. The summed E-state index contributed by atoms with van der Waals surface area (Å²) >= 11 is 1.51. The third kappa shape index (κ3) is 3.24. The summed E-state index contributed by atoms with van der Waals surface area (Å²) in [6.07, 6.45) is 3.00. The molecular formula is C16H13NO4S. The number of rotatable bonds is 5. The average Bonchev–Trinajstić information content (AvgIpc) is 3.03. The Bertz CT molecular complexity index is 810. The summed E-state index contributed by atoms with van der Waals surface area (Å²) in [5.74, 6) is 0.312. The van der Waals surface area contributed by atoms with Gasteiger partial charge in [-0.3, -0.25) is 4.79 Å². The number of nitrogens with zero attached hydrogens (tertiary/aromatic N) is 1. The predicted molar refractivity (Wildman–Crippen MR) is 82.8 cm³/mol. The largest absolute Gasteiger partial charge is 0.479 e. The normalized spacial score (nSPS) is 10.6. The Morgan fingerprint density at radius 2 is 2.09 bits per heavy atom. The Balaban J connectivity index is 1.70. The van der Waals surface area contributed by atoms with Crippen LogP contribution in [-0.2, 0) is 13.2 Å². The maximum Gasteiger partial charge on any atom is 0.227 e.